The number of sulfonamides is 1. The molecule has 0 fully saturated rings. The maximum absolute atomic E-state index is 11.8. The Balaban J connectivity index is 2.53. The average molecular weight is 275 g/mol. The second-order valence-corrected chi connectivity index (χ2v) is 5.85. The Morgan fingerprint density at radius 2 is 2.28 bits per heavy atom. The van der Waals surface area contributed by atoms with Crippen LogP contribution in [0, 0.1) is 0 Å². The van der Waals surface area contributed by atoms with Gasteiger partial charge in [-0.05, 0) is 19.8 Å². The van der Waals surface area contributed by atoms with Crippen molar-refractivity contribution in [2.75, 3.05) is 0 Å². The van der Waals surface area contributed by atoms with E-state index in [1.165, 1.54) is 12.5 Å². The van der Waals surface area contributed by atoms with E-state index >= 15 is 0 Å². The first kappa shape index (κ1) is 14.7. The van der Waals surface area contributed by atoms with Crippen molar-refractivity contribution >= 4 is 16.0 Å². The number of aromatic nitrogens is 2. The van der Waals surface area contributed by atoms with E-state index in [0.717, 1.165) is 0 Å². The maximum Gasteiger partial charge on any atom is 0.303 e. The fourth-order valence-corrected chi connectivity index (χ4v) is 2.73. The van der Waals surface area contributed by atoms with Gasteiger partial charge >= 0.3 is 5.97 Å². The van der Waals surface area contributed by atoms with E-state index in [9.17, 15) is 13.2 Å². The lowest BCUT2D eigenvalue weighted by Crippen LogP contribution is -2.32. The molecular weight excluding hydrogens is 258 g/mol. The molecule has 1 rings (SSSR count). The summed E-state index contributed by atoms with van der Waals surface area (Å²) in [5, 5.41) is 8.46. The first-order chi connectivity index (χ1) is 8.31. The predicted octanol–water partition coefficient (Wildman–Crippen LogP) is 0.342. The van der Waals surface area contributed by atoms with Crippen LogP contribution in [0.25, 0.3) is 0 Å². The van der Waals surface area contributed by atoms with Crippen LogP contribution in [0.15, 0.2) is 17.6 Å². The second-order valence-electron chi connectivity index (χ2n) is 4.19. The zero-order chi connectivity index (χ0) is 13.8. The first-order valence-corrected chi connectivity index (χ1v) is 7.01. The number of rotatable bonds is 7. The summed E-state index contributed by atoms with van der Waals surface area (Å²) >= 11 is 0. The number of carbonyl (C=O) groups is 1. The molecule has 0 bridgehead atoms. The largest absolute Gasteiger partial charge is 0.481 e. The summed E-state index contributed by atoms with van der Waals surface area (Å²) in [7, 11) is -1.94. The molecule has 0 saturated heterocycles. The van der Waals surface area contributed by atoms with Gasteiger partial charge in [0.2, 0.25) is 0 Å². The minimum absolute atomic E-state index is 0.0323. The van der Waals surface area contributed by atoms with Crippen molar-refractivity contribution in [1.82, 2.24) is 14.3 Å². The maximum atomic E-state index is 11.8. The van der Waals surface area contributed by atoms with Gasteiger partial charge in [-0.3, -0.25) is 4.79 Å². The molecular formula is C10H17N3O4S. The Kier molecular flexibility index (Phi) is 4.85. The summed E-state index contributed by atoms with van der Waals surface area (Å²) < 4.78 is 27.7. The third kappa shape index (κ3) is 4.46. The van der Waals surface area contributed by atoms with Gasteiger partial charge < -0.3 is 9.67 Å². The molecule has 1 aromatic heterocycles. The minimum atomic E-state index is -3.62. The van der Waals surface area contributed by atoms with Gasteiger partial charge in [-0.15, -0.1) is 0 Å². The highest BCUT2D eigenvalue weighted by molar-refractivity contribution is 7.89. The third-order valence-corrected chi connectivity index (χ3v) is 3.81. The number of nitrogens with one attached hydrogen (secondary N) is 1. The van der Waals surface area contributed by atoms with Crippen LogP contribution in [-0.2, 0) is 21.9 Å². The summed E-state index contributed by atoms with van der Waals surface area (Å²) in [6.07, 6.45) is 3.76. The molecule has 1 aromatic rings. The lowest BCUT2D eigenvalue weighted by Gasteiger charge is -2.12. The van der Waals surface area contributed by atoms with E-state index in [1.807, 2.05) is 0 Å². The first-order valence-electron chi connectivity index (χ1n) is 5.53. The number of imidazole rings is 1. The van der Waals surface area contributed by atoms with Crippen LogP contribution in [0.2, 0.25) is 0 Å². The SMILES string of the molecule is CC(CCCC(=O)O)NS(=O)(=O)c1cn(C)cn1. The molecule has 7 nitrogen and oxygen atoms in total. The van der Waals surface area contributed by atoms with Crippen LogP contribution in [0.3, 0.4) is 0 Å². The molecule has 1 unspecified atom stereocenters. The van der Waals surface area contributed by atoms with Gasteiger partial charge in [-0.25, -0.2) is 18.1 Å². The van der Waals surface area contributed by atoms with Gasteiger partial charge in [0.1, 0.15) is 0 Å². The van der Waals surface area contributed by atoms with E-state index in [0.29, 0.717) is 12.8 Å². The monoisotopic (exact) mass is 275 g/mol. The summed E-state index contributed by atoms with van der Waals surface area (Å²) in [6, 6.07) is -0.323. The molecule has 0 amide bonds. The highest BCUT2D eigenvalue weighted by Crippen LogP contribution is 2.08. The molecule has 18 heavy (non-hydrogen) atoms. The van der Waals surface area contributed by atoms with Crippen LogP contribution in [0.1, 0.15) is 26.2 Å². The number of aryl methyl sites for hydroxylation is 1. The zero-order valence-electron chi connectivity index (χ0n) is 10.3. The Labute approximate surface area is 106 Å². The Bertz CT molecular complexity index is 509. The lowest BCUT2D eigenvalue weighted by atomic mass is 10.1. The number of carboxylic acids is 1. The molecule has 8 heteroatoms. The standard InChI is InChI=1S/C10H17N3O4S/c1-8(4-3-5-10(14)15)12-18(16,17)9-6-13(2)7-11-9/h6-8,12H,3-5H2,1-2H3,(H,14,15). The van der Waals surface area contributed by atoms with E-state index in [-0.39, 0.29) is 17.5 Å². The molecule has 0 aliphatic rings. The normalized spacial score (nSPS) is 13.4. The number of aliphatic carboxylic acids is 1. The molecule has 0 saturated carbocycles. The van der Waals surface area contributed by atoms with Gasteiger partial charge in [0.15, 0.2) is 5.03 Å². The van der Waals surface area contributed by atoms with Gasteiger partial charge in [0, 0.05) is 25.7 Å². The zero-order valence-corrected chi connectivity index (χ0v) is 11.1. The second kappa shape index (κ2) is 5.96. The highest BCUT2D eigenvalue weighted by Gasteiger charge is 2.19. The summed E-state index contributed by atoms with van der Waals surface area (Å²) in [5.41, 5.74) is 0. The molecule has 1 heterocycles. The fourth-order valence-electron chi connectivity index (χ4n) is 1.47. The summed E-state index contributed by atoms with van der Waals surface area (Å²) in [6.45, 7) is 1.70. The fraction of sp³-hybridized carbons (Fsp3) is 0.600. The minimum Gasteiger partial charge on any atom is -0.481 e. The van der Waals surface area contributed by atoms with Crippen molar-refractivity contribution in [2.24, 2.45) is 7.05 Å². The van der Waals surface area contributed by atoms with E-state index in [2.05, 4.69) is 9.71 Å². The van der Waals surface area contributed by atoms with Gasteiger partial charge in [0.25, 0.3) is 10.0 Å². The van der Waals surface area contributed by atoms with E-state index < -0.39 is 16.0 Å². The quantitative estimate of drug-likeness (QED) is 0.747. The number of nitrogens with zero attached hydrogens (tertiary/aromatic N) is 2. The van der Waals surface area contributed by atoms with Crippen molar-refractivity contribution in [3.05, 3.63) is 12.5 Å². The molecule has 0 spiro atoms. The van der Waals surface area contributed by atoms with Gasteiger partial charge in [0.05, 0.1) is 6.33 Å². The van der Waals surface area contributed by atoms with Crippen LogP contribution in [0.4, 0.5) is 0 Å². The van der Waals surface area contributed by atoms with Crippen LogP contribution >= 0.6 is 0 Å². The number of carboxylic acid groups (broad SMARTS) is 1. The van der Waals surface area contributed by atoms with Gasteiger partial charge in [-0.2, -0.15) is 0 Å². The van der Waals surface area contributed by atoms with Crippen molar-refractivity contribution in [2.45, 2.75) is 37.3 Å². The van der Waals surface area contributed by atoms with Crippen LogP contribution in [-0.4, -0.2) is 35.1 Å². The summed E-state index contributed by atoms with van der Waals surface area (Å²) in [5.74, 6) is -0.880. The summed E-state index contributed by atoms with van der Waals surface area (Å²) in [4.78, 5) is 14.1. The Morgan fingerprint density at radius 1 is 1.61 bits per heavy atom. The lowest BCUT2D eigenvalue weighted by molar-refractivity contribution is -0.137. The van der Waals surface area contributed by atoms with Crippen LogP contribution in [0.5, 0.6) is 0 Å². The molecule has 0 radical (unpaired) electrons. The molecule has 1 atom stereocenters. The van der Waals surface area contributed by atoms with Gasteiger partial charge in [-0.1, -0.05) is 0 Å². The molecule has 0 aliphatic heterocycles. The van der Waals surface area contributed by atoms with Crippen molar-refractivity contribution in [3.63, 3.8) is 0 Å². The predicted molar refractivity (Wildman–Crippen MR) is 64.5 cm³/mol. The Morgan fingerprint density at radius 3 is 2.78 bits per heavy atom. The van der Waals surface area contributed by atoms with E-state index in [4.69, 9.17) is 5.11 Å². The Hall–Kier alpha value is -1.41. The topological polar surface area (TPSA) is 101 Å². The highest BCUT2D eigenvalue weighted by atomic mass is 32.2. The molecule has 2 N–H and O–H groups in total. The van der Waals surface area contributed by atoms with E-state index in [1.54, 1.807) is 18.5 Å². The number of hydrogen-bond acceptors (Lipinski definition) is 4. The van der Waals surface area contributed by atoms with Crippen molar-refractivity contribution in [3.8, 4) is 0 Å². The average Bonchev–Trinajstić information content (AvgIpc) is 2.64. The smallest absolute Gasteiger partial charge is 0.303 e. The molecule has 0 aliphatic carbocycles. The molecule has 0 aromatic carbocycles. The van der Waals surface area contributed by atoms with Crippen molar-refractivity contribution in [1.29, 1.82) is 0 Å². The van der Waals surface area contributed by atoms with Crippen molar-refractivity contribution < 1.29 is 18.3 Å². The molecule has 102 valence electrons. The third-order valence-electron chi connectivity index (χ3n) is 2.34. The number of hydrogen-bond donors (Lipinski definition) is 2. The van der Waals surface area contributed by atoms with Crippen LogP contribution < -0.4 is 4.72 Å².